The van der Waals surface area contributed by atoms with E-state index in [1.807, 2.05) is 48.5 Å². The first kappa shape index (κ1) is 29.7. The highest BCUT2D eigenvalue weighted by Crippen LogP contribution is 2.42. The number of fused-ring (bicyclic) bond motifs is 7. The molecule has 53 heavy (non-hydrogen) atoms. The molecule has 248 valence electrons. The first-order chi connectivity index (χ1) is 26.2. The van der Waals surface area contributed by atoms with Gasteiger partial charge in [0.1, 0.15) is 5.52 Å². The molecule has 11 rings (SSSR count). The molecule has 0 atom stereocenters. The second-order valence-electron chi connectivity index (χ2n) is 13.1. The zero-order valence-corrected chi connectivity index (χ0v) is 29.0. The Balaban J connectivity index is 1.08. The molecule has 0 radical (unpaired) electrons. The van der Waals surface area contributed by atoms with E-state index < -0.39 is 0 Å². The summed E-state index contributed by atoms with van der Waals surface area (Å²) >= 11 is 1.77. The van der Waals surface area contributed by atoms with E-state index in [1.165, 1.54) is 15.5 Å². The van der Waals surface area contributed by atoms with E-state index in [1.54, 1.807) is 11.3 Å². The topological polar surface area (TPSA) is 69.6 Å². The van der Waals surface area contributed by atoms with E-state index in [-0.39, 0.29) is 0 Å². The van der Waals surface area contributed by atoms with Crippen molar-refractivity contribution < 1.29 is 4.42 Å². The highest BCUT2D eigenvalue weighted by Gasteiger charge is 2.20. The Morgan fingerprint density at radius 1 is 0.453 bits per heavy atom. The summed E-state index contributed by atoms with van der Waals surface area (Å²) in [6, 6.07) is 56.4. The molecule has 0 aliphatic heterocycles. The number of hydrogen-bond acceptors (Lipinski definition) is 6. The Kier molecular flexibility index (Phi) is 6.62. The predicted molar refractivity (Wildman–Crippen MR) is 216 cm³/mol. The Hall–Kier alpha value is -6.96. The molecule has 0 N–H and O–H groups in total. The second kappa shape index (κ2) is 11.8. The van der Waals surface area contributed by atoms with Gasteiger partial charge in [0.15, 0.2) is 17.2 Å². The third-order valence-corrected chi connectivity index (χ3v) is 11.1. The van der Waals surface area contributed by atoms with Crippen LogP contribution >= 0.6 is 11.3 Å². The normalized spacial score (nSPS) is 11.8. The van der Waals surface area contributed by atoms with Crippen LogP contribution < -0.4 is 0 Å². The van der Waals surface area contributed by atoms with Crippen molar-refractivity contribution >= 4 is 64.4 Å². The quantitative estimate of drug-likeness (QED) is 0.179. The van der Waals surface area contributed by atoms with Crippen LogP contribution in [0.2, 0.25) is 0 Å². The average Bonchev–Trinajstić information content (AvgIpc) is 3.93. The molecule has 0 aliphatic rings. The molecule has 0 saturated carbocycles. The summed E-state index contributed by atoms with van der Waals surface area (Å²) in [7, 11) is 0. The van der Waals surface area contributed by atoms with Crippen molar-refractivity contribution in [3.8, 4) is 51.3 Å². The minimum atomic E-state index is 0.588. The SMILES string of the molecule is c1ccc(-c2nc(-c3cccc4c3sc3ccc(-c5cccc(-c6nc7ccccc7o6)c5)cc34)nc(-n3c4ccccc4c4ccccc43)n2)cc1. The van der Waals surface area contributed by atoms with Gasteiger partial charge in [-0.3, -0.25) is 4.57 Å². The Morgan fingerprint density at radius 2 is 1.11 bits per heavy atom. The summed E-state index contributed by atoms with van der Waals surface area (Å²) < 4.78 is 10.6. The largest absolute Gasteiger partial charge is 0.436 e. The minimum absolute atomic E-state index is 0.588. The molecule has 4 heterocycles. The monoisotopic (exact) mass is 697 g/mol. The van der Waals surface area contributed by atoms with Crippen molar-refractivity contribution in [2.45, 2.75) is 0 Å². The van der Waals surface area contributed by atoms with Crippen molar-refractivity contribution in [3.05, 3.63) is 164 Å². The van der Waals surface area contributed by atoms with Crippen LogP contribution in [0.1, 0.15) is 0 Å². The average molecular weight is 698 g/mol. The van der Waals surface area contributed by atoms with Gasteiger partial charge in [0.05, 0.1) is 11.0 Å². The number of nitrogens with zero attached hydrogens (tertiary/aromatic N) is 5. The van der Waals surface area contributed by atoms with Crippen molar-refractivity contribution in [2.75, 3.05) is 0 Å². The predicted octanol–water partition coefficient (Wildman–Crippen LogP) is 12.1. The van der Waals surface area contributed by atoms with Gasteiger partial charge in [-0.25, -0.2) is 9.97 Å². The molecule has 0 unspecified atom stereocenters. The highest BCUT2D eigenvalue weighted by atomic mass is 32.1. The summed E-state index contributed by atoms with van der Waals surface area (Å²) in [5, 5.41) is 4.68. The molecule has 0 amide bonds. The maximum absolute atomic E-state index is 6.10. The van der Waals surface area contributed by atoms with E-state index in [0.29, 0.717) is 23.5 Å². The van der Waals surface area contributed by atoms with E-state index >= 15 is 0 Å². The zero-order chi connectivity index (χ0) is 34.9. The van der Waals surface area contributed by atoms with Crippen molar-refractivity contribution in [2.24, 2.45) is 0 Å². The smallest absolute Gasteiger partial charge is 0.238 e. The molecular formula is C46H27N5OS. The number of aromatic nitrogens is 5. The van der Waals surface area contributed by atoms with Crippen LogP contribution in [0.4, 0.5) is 0 Å². The van der Waals surface area contributed by atoms with E-state index in [0.717, 1.165) is 65.4 Å². The summed E-state index contributed by atoms with van der Waals surface area (Å²) in [4.78, 5) is 20.2. The Bertz CT molecular complexity index is 3110. The van der Waals surface area contributed by atoms with Gasteiger partial charge in [-0.2, -0.15) is 9.97 Å². The Morgan fingerprint density at radius 3 is 1.94 bits per heavy atom. The number of hydrogen-bond donors (Lipinski definition) is 0. The van der Waals surface area contributed by atoms with Gasteiger partial charge in [-0.15, -0.1) is 11.3 Å². The van der Waals surface area contributed by atoms with Gasteiger partial charge >= 0.3 is 0 Å². The third-order valence-electron chi connectivity index (χ3n) is 9.91. The van der Waals surface area contributed by atoms with Crippen LogP contribution in [0.15, 0.2) is 168 Å². The molecule has 0 saturated heterocycles. The van der Waals surface area contributed by atoms with Gasteiger partial charge in [0, 0.05) is 47.6 Å². The molecule has 7 aromatic carbocycles. The second-order valence-corrected chi connectivity index (χ2v) is 14.1. The molecule has 0 spiro atoms. The van der Waals surface area contributed by atoms with E-state index in [9.17, 15) is 0 Å². The molecule has 11 aromatic rings. The Labute approximate surface area is 307 Å². The fourth-order valence-electron chi connectivity index (χ4n) is 7.42. The number of benzene rings is 7. The summed E-state index contributed by atoms with van der Waals surface area (Å²) in [5.74, 6) is 2.48. The van der Waals surface area contributed by atoms with Crippen molar-refractivity contribution in [1.82, 2.24) is 24.5 Å². The fourth-order valence-corrected chi connectivity index (χ4v) is 8.61. The van der Waals surface area contributed by atoms with Crippen LogP contribution in [0, 0.1) is 0 Å². The van der Waals surface area contributed by atoms with E-state index in [2.05, 4.69) is 120 Å². The highest BCUT2D eigenvalue weighted by molar-refractivity contribution is 7.26. The molecule has 6 nitrogen and oxygen atoms in total. The lowest BCUT2D eigenvalue weighted by molar-refractivity contribution is 0.620. The number of oxazole rings is 1. The van der Waals surface area contributed by atoms with Crippen molar-refractivity contribution in [1.29, 1.82) is 0 Å². The third kappa shape index (κ3) is 4.86. The molecule has 4 aromatic heterocycles. The van der Waals surface area contributed by atoms with Gasteiger partial charge in [-0.05, 0) is 65.7 Å². The number of thiophene rings is 1. The van der Waals surface area contributed by atoms with Gasteiger partial charge < -0.3 is 4.42 Å². The summed E-state index contributed by atoms with van der Waals surface area (Å²) in [5.41, 5.74) is 8.83. The molecular weight excluding hydrogens is 671 g/mol. The standard InChI is InChI=1S/C46H27N5OS/c1-2-12-28(13-3-1)43-48-44(50-46(49-43)51-38-21-7-4-16-32(38)33-17-5-8-22-39(33)51)35-19-11-18-34-36-27-30(24-25-41(36)53-42(34)35)29-14-10-15-31(26-29)45-47-37-20-6-9-23-40(37)52-45/h1-27H. The van der Waals surface area contributed by atoms with Gasteiger partial charge in [-0.1, -0.05) is 109 Å². The van der Waals surface area contributed by atoms with Crippen LogP contribution in [0.5, 0.6) is 0 Å². The van der Waals surface area contributed by atoms with Crippen LogP contribution in [0.25, 0.3) is 104 Å². The van der Waals surface area contributed by atoms with E-state index in [4.69, 9.17) is 24.4 Å². The van der Waals surface area contributed by atoms with Crippen LogP contribution in [-0.2, 0) is 0 Å². The number of para-hydroxylation sites is 4. The zero-order valence-electron chi connectivity index (χ0n) is 28.1. The first-order valence-corrected chi connectivity index (χ1v) is 18.3. The lowest BCUT2D eigenvalue weighted by Gasteiger charge is -2.11. The lowest BCUT2D eigenvalue weighted by Crippen LogP contribution is -2.06. The lowest BCUT2D eigenvalue weighted by atomic mass is 10.0. The maximum atomic E-state index is 6.10. The fraction of sp³-hybridized carbons (Fsp3) is 0. The van der Waals surface area contributed by atoms with Gasteiger partial charge in [0.2, 0.25) is 11.8 Å². The molecule has 0 aliphatic carbocycles. The van der Waals surface area contributed by atoms with Crippen LogP contribution in [0.3, 0.4) is 0 Å². The van der Waals surface area contributed by atoms with Crippen molar-refractivity contribution in [3.63, 3.8) is 0 Å². The minimum Gasteiger partial charge on any atom is -0.436 e. The van der Waals surface area contributed by atoms with Gasteiger partial charge in [0.25, 0.3) is 0 Å². The molecule has 7 heteroatoms. The summed E-state index contributed by atoms with van der Waals surface area (Å²) in [6.07, 6.45) is 0. The number of rotatable bonds is 5. The molecule has 0 bridgehead atoms. The summed E-state index contributed by atoms with van der Waals surface area (Å²) in [6.45, 7) is 0. The van der Waals surface area contributed by atoms with Crippen LogP contribution in [-0.4, -0.2) is 24.5 Å². The molecule has 0 fully saturated rings. The first-order valence-electron chi connectivity index (χ1n) is 17.5. The maximum Gasteiger partial charge on any atom is 0.238 e.